The first-order chi connectivity index (χ1) is 15.3. The topological polar surface area (TPSA) is 96.1 Å². The summed E-state index contributed by atoms with van der Waals surface area (Å²) in [7, 11) is 1.80. The van der Waals surface area contributed by atoms with Crippen molar-refractivity contribution in [1.29, 1.82) is 0 Å². The molecule has 9 nitrogen and oxygen atoms in total. The second-order valence-electron chi connectivity index (χ2n) is 9.73. The number of nitrogens with zero attached hydrogens (tertiary/aromatic N) is 5. The van der Waals surface area contributed by atoms with Gasteiger partial charge in [0.15, 0.2) is 11.6 Å². The summed E-state index contributed by atoms with van der Waals surface area (Å²) in [6, 6.07) is 6.70. The second-order valence-corrected chi connectivity index (χ2v) is 9.73. The van der Waals surface area contributed by atoms with E-state index < -0.39 is 5.60 Å². The maximum Gasteiger partial charge on any atom is 0.410 e. The van der Waals surface area contributed by atoms with Crippen LogP contribution in [-0.2, 0) is 11.2 Å². The van der Waals surface area contributed by atoms with Crippen LogP contribution in [0.2, 0.25) is 0 Å². The maximum atomic E-state index is 12.6. The fourth-order valence-electron chi connectivity index (χ4n) is 4.81. The monoisotopic (exact) mass is 441 g/mol. The molecule has 2 saturated heterocycles. The summed E-state index contributed by atoms with van der Waals surface area (Å²) in [5.41, 5.74) is 0.413. The van der Waals surface area contributed by atoms with Gasteiger partial charge in [-0.3, -0.25) is 9.39 Å². The summed E-state index contributed by atoms with van der Waals surface area (Å²) in [4.78, 5) is 19.0. The predicted octanol–water partition coefficient (Wildman–Crippen LogP) is 2.76. The lowest BCUT2D eigenvalue weighted by atomic mass is 9.98. The summed E-state index contributed by atoms with van der Waals surface area (Å²) in [6.45, 7) is 6.55. The van der Waals surface area contributed by atoms with E-state index >= 15 is 0 Å². The number of hydrogen-bond donors (Lipinski definition) is 2. The van der Waals surface area contributed by atoms with Crippen LogP contribution in [0.15, 0.2) is 29.4 Å². The van der Waals surface area contributed by atoms with E-state index in [0.717, 1.165) is 62.5 Å². The largest absolute Gasteiger partial charge is 0.444 e. The highest BCUT2D eigenvalue weighted by molar-refractivity contribution is 5.80. The molecule has 1 amide bonds. The summed E-state index contributed by atoms with van der Waals surface area (Å²) in [5.74, 6) is 1.78. The number of hydrogen-bond acceptors (Lipinski definition) is 5. The third kappa shape index (κ3) is 5.14. The Bertz CT molecular complexity index is 951. The van der Waals surface area contributed by atoms with Gasteiger partial charge in [-0.15, -0.1) is 10.2 Å². The van der Waals surface area contributed by atoms with Gasteiger partial charge in [-0.1, -0.05) is 6.07 Å². The van der Waals surface area contributed by atoms with Crippen LogP contribution in [0.5, 0.6) is 0 Å². The Morgan fingerprint density at radius 3 is 2.66 bits per heavy atom. The minimum atomic E-state index is -0.462. The van der Waals surface area contributed by atoms with Crippen molar-refractivity contribution >= 4 is 17.7 Å². The Morgan fingerprint density at radius 1 is 1.22 bits per heavy atom. The molecule has 0 spiro atoms. The van der Waals surface area contributed by atoms with Crippen molar-refractivity contribution in [3.8, 4) is 0 Å². The molecule has 2 fully saturated rings. The van der Waals surface area contributed by atoms with Gasteiger partial charge in [0.1, 0.15) is 11.4 Å². The van der Waals surface area contributed by atoms with Crippen molar-refractivity contribution in [3.05, 3.63) is 30.2 Å². The summed E-state index contributed by atoms with van der Waals surface area (Å²) >= 11 is 0. The maximum absolute atomic E-state index is 12.6. The summed E-state index contributed by atoms with van der Waals surface area (Å²) in [5, 5.41) is 15.5. The molecule has 4 rings (SSSR count). The lowest BCUT2D eigenvalue weighted by Gasteiger charge is -2.40. The van der Waals surface area contributed by atoms with E-state index in [1.807, 2.05) is 54.5 Å². The summed E-state index contributed by atoms with van der Waals surface area (Å²) < 4.78 is 7.67. The summed E-state index contributed by atoms with van der Waals surface area (Å²) in [6.07, 6.45) is 7.51. The number of piperidine rings is 1. The number of aromatic nitrogens is 3. The van der Waals surface area contributed by atoms with Gasteiger partial charge in [-0.25, -0.2) is 4.79 Å². The molecule has 0 aromatic carbocycles. The number of fused-ring (bicyclic) bond motifs is 3. The minimum Gasteiger partial charge on any atom is -0.444 e. The highest BCUT2D eigenvalue weighted by atomic mass is 16.6. The molecule has 174 valence electrons. The number of carbonyl (C=O) groups is 1. The Hall–Kier alpha value is -2.84. The number of amides is 1. The molecule has 0 saturated carbocycles. The van der Waals surface area contributed by atoms with E-state index in [4.69, 9.17) is 4.74 Å². The van der Waals surface area contributed by atoms with Crippen molar-refractivity contribution in [2.75, 3.05) is 13.6 Å². The Kier molecular flexibility index (Phi) is 6.53. The Morgan fingerprint density at radius 2 is 1.97 bits per heavy atom. The molecular weight excluding hydrogens is 406 g/mol. The standard InChI is InChI=1S/C23H35N7O2/c1-23(2,3)32-22(31)30-17-10-11-18(30)15-16(14-17)26-21(24-4)25-12-7-9-20-28-27-19-8-5-6-13-29(19)20/h5-6,8,13,16-18H,7,9-12,14-15H2,1-4H3,(H2,24,25,26). The van der Waals surface area contributed by atoms with Crippen LogP contribution in [0.25, 0.3) is 5.65 Å². The van der Waals surface area contributed by atoms with Crippen LogP contribution in [-0.4, -0.2) is 68.9 Å². The first-order valence-corrected chi connectivity index (χ1v) is 11.6. The number of carbonyl (C=O) groups excluding carboxylic acids is 1. The number of rotatable bonds is 5. The van der Waals surface area contributed by atoms with Crippen LogP contribution in [0, 0.1) is 0 Å². The fraction of sp³-hybridized carbons (Fsp3) is 0.652. The lowest BCUT2D eigenvalue weighted by Crippen LogP contribution is -2.55. The van der Waals surface area contributed by atoms with Crippen LogP contribution in [0.3, 0.4) is 0 Å². The molecule has 9 heteroatoms. The van der Waals surface area contributed by atoms with Crippen molar-refractivity contribution in [1.82, 2.24) is 30.1 Å². The van der Waals surface area contributed by atoms with Gasteiger partial charge in [0.2, 0.25) is 0 Å². The van der Waals surface area contributed by atoms with Gasteiger partial charge >= 0.3 is 6.09 Å². The van der Waals surface area contributed by atoms with E-state index in [1.165, 1.54) is 0 Å². The van der Waals surface area contributed by atoms with Crippen LogP contribution in [0.1, 0.15) is 58.7 Å². The van der Waals surface area contributed by atoms with E-state index in [1.54, 1.807) is 7.05 Å². The zero-order valence-corrected chi connectivity index (χ0v) is 19.5. The SMILES string of the molecule is CN=C(NCCCc1nnc2ccccn12)NC1CC2CCC(C1)N2C(=O)OC(C)(C)C. The number of pyridine rings is 1. The highest BCUT2D eigenvalue weighted by Gasteiger charge is 2.45. The van der Waals surface area contributed by atoms with Gasteiger partial charge in [-0.05, 0) is 65.0 Å². The molecule has 2 aromatic rings. The van der Waals surface area contributed by atoms with Crippen LogP contribution >= 0.6 is 0 Å². The minimum absolute atomic E-state index is 0.174. The van der Waals surface area contributed by atoms with Crippen molar-refractivity contribution in [2.45, 2.75) is 83.0 Å². The third-order valence-electron chi connectivity index (χ3n) is 6.16. The van der Waals surface area contributed by atoms with Gasteiger partial charge in [0.05, 0.1) is 0 Å². The molecule has 0 aliphatic carbocycles. The molecule has 0 radical (unpaired) electrons. The van der Waals surface area contributed by atoms with E-state index in [2.05, 4.69) is 25.8 Å². The van der Waals surface area contributed by atoms with Crippen molar-refractivity contribution < 1.29 is 9.53 Å². The van der Waals surface area contributed by atoms with E-state index in [-0.39, 0.29) is 18.2 Å². The fourth-order valence-corrected chi connectivity index (χ4v) is 4.81. The van der Waals surface area contributed by atoms with Gasteiger partial charge in [0.25, 0.3) is 0 Å². The smallest absolute Gasteiger partial charge is 0.410 e. The van der Waals surface area contributed by atoms with E-state index in [0.29, 0.717) is 6.04 Å². The normalized spacial score (nSPS) is 23.4. The van der Waals surface area contributed by atoms with Gasteiger partial charge < -0.3 is 20.3 Å². The first-order valence-electron chi connectivity index (χ1n) is 11.6. The Labute approximate surface area is 189 Å². The molecule has 4 heterocycles. The number of aliphatic imine (C=N–C) groups is 1. The molecule has 2 N–H and O–H groups in total. The average molecular weight is 442 g/mol. The first kappa shape index (κ1) is 22.4. The molecule has 2 unspecified atom stereocenters. The van der Waals surface area contributed by atoms with Crippen molar-refractivity contribution in [3.63, 3.8) is 0 Å². The zero-order valence-electron chi connectivity index (χ0n) is 19.5. The molecule has 2 aliphatic rings. The van der Waals surface area contributed by atoms with Crippen LogP contribution < -0.4 is 10.6 Å². The number of nitrogens with one attached hydrogen (secondary N) is 2. The molecule has 2 bridgehead atoms. The predicted molar refractivity (Wildman–Crippen MR) is 124 cm³/mol. The van der Waals surface area contributed by atoms with Crippen LogP contribution in [0.4, 0.5) is 4.79 Å². The van der Waals surface area contributed by atoms with Crippen molar-refractivity contribution in [2.24, 2.45) is 4.99 Å². The molecule has 2 aromatic heterocycles. The molecule has 2 aliphatic heterocycles. The molecule has 32 heavy (non-hydrogen) atoms. The molecular formula is C23H35N7O2. The zero-order chi connectivity index (χ0) is 22.7. The third-order valence-corrected chi connectivity index (χ3v) is 6.16. The average Bonchev–Trinajstić information content (AvgIpc) is 3.27. The Balaban J connectivity index is 1.24. The number of ether oxygens (including phenoxy) is 1. The van der Waals surface area contributed by atoms with E-state index in [9.17, 15) is 4.79 Å². The van der Waals surface area contributed by atoms with Gasteiger partial charge in [0, 0.05) is 44.3 Å². The number of aryl methyl sites for hydroxylation is 1. The molecule has 2 atom stereocenters. The second kappa shape index (κ2) is 9.34. The number of guanidine groups is 1. The quantitative estimate of drug-likeness (QED) is 0.421. The lowest BCUT2D eigenvalue weighted by molar-refractivity contribution is 0.00545. The van der Waals surface area contributed by atoms with Gasteiger partial charge in [-0.2, -0.15) is 0 Å². The highest BCUT2D eigenvalue weighted by Crippen LogP contribution is 2.36.